The second kappa shape index (κ2) is 7.55. The molecule has 0 radical (unpaired) electrons. The van der Waals surface area contributed by atoms with Crippen molar-refractivity contribution < 1.29 is 0 Å². The molecule has 1 N–H and O–H groups in total. The molecule has 2 rings (SSSR count). The van der Waals surface area contributed by atoms with Crippen LogP contribution in [0.4, 0.5) is 5.69 Å². The Morgan fingerprint density at radius 3 is 2.86 bits per heavy atom. The van der Waals surface area contributed by atoms with E-state index in [1.807, 2.05) is 12.3 Å². The van der Waals surface area contributed by atoms with E-state index in [4.69, 9.17) is 4.98 Å². The molecule has 0 aliphatic heterocycles. The lowest BCUT2D eigenvalue weighted by molar-refractivity contribution is 0.655. The van der Waals surface area contributed by atoms with E-state index in [2.05, 4.69) is 42.7 Å². The summed E-state index contributed by atoms with van der Waals surface area (Å²) in [4.78, 5) is 11.6. The summed E-state index contributed by atoms with van der Waals surface area (Å²) in [7, 11) is 2.12. The van der Waals surface area contributed by atoms with E-state index in [9.17, 15) is 0 Å². The molecule has 0 saturated heterocycles. The molecular weight excluding hydrogens is 260 g/mol. The summed E-state index contributed by atoms with van der Waals surface area (Å²) >= 11 is 0. The molecule has 1 aliphatic carbocycles. The van der Waals surface area contributed by atoms with Gasteiger partial charge in [-0.15, -0.1) is 6.58 Å². The molecule has 1 aliphatic rings. The van der Waals surface area contributed by atoms with E-state index in [0.29, 0.717) is 12.0 Å². The lowest BCUT2D eigenvalue weighted by Crippen LogP contribution is -2.24. The van der Waals surface area contributed by atoms with Gasteiger partial charge in [0.05, 0.1) is 17.6 Å². The monoisotopic (exact) mass is 288 g/mol. The van der Waals surface area contributed by atoms with Gasteiger partial charge < -0.3 is 10.2 Å². The fourth-order valence-electron chi connectivity index (χ4n) is 2.28. The largest absolute Gasteiger partial charge is 0.372 e. The van der Waals surface area contributed by atoms with Crippen molar-refractivity contribution >= 4 is 5.69 Å². The van der Waals surface area contributed by atoms with Gasteiger partial charge in [-0.1, -0.05) is 19.9 Å². The Kier molecular flexibility index (Phi) is 5.74. The quantitative estimate of drug-likeness (QED) is 0.559. The van der Waals surface area contributed by atoms with E-state index in [-0.39, 0.29) is 0 Å². The second-order valence-corrected chi connectivity index (χ2v) is 6.22. The first-order valence-corrected chi connectivity index (χ1v) is 8.03. The van der Waals surface area contributed by atoms with Crippen molar-refractivity contribution in [2.75, 3.05) is 18.5 Å². The number of nitrogens with one attached hydrogen (secondary N) is 1. The molecule has 4 heteroatoms. The Bertz CT molecular complexity index is 466. The van der Waals surface area contributed by atoms with Gasteiger partial charge >= 0.3 is 0 Å². The van der Waals surface area contributed by atoms with Gasteiger partial charge in [-0.3, -0.25) is 0 Å². The first kappa shape index (κ1) is 16.0. The van der Waals surface area contributed by atoms with Crippen molar-refractivity contribution in [2.24, 2.45) is 0 Å². The maximum Gasteiger partial charge on any atom is 0.131 e. The maximum atomic E-state index is 4.79. The van der Waals surface area contributed by atoms with Crippen LogP contribution in [-0.2, 0) is 6.54 Å². The molecule has 0 bridgehead atoms. The molecule has 1 heterocycles. The summed E-state index contributed by atoms with van der Waals surface area (Å²) in [6.45, 7) is 9.91. The number of nitrogens with zero attached hydrogens (tertiary/aromatic N) is 3. The van der Waals surface area contributed by atoms with Crippen LogP contribution < -0.4 is 10.2 Å². The molecule has 1 aromatic rings. The van der Waals surface area contributed by atoms with Crippen molar-refractivity contribution in [3.8, 4) is 0 Å². The van der Waals surface area contributed by atoms with Gasteiger partial charge in [0, 0.05) is 32.1 Å². The molecule has 1 aromatic heterocycles. The first-order chi connectivity index (χ1) is 10.1. The van der Waals surface area contributed by atoms with Crippen LogP contribution in [0.1, 0.15) is 57.0 Å². The van der Waals surface area contributed by atoms with Crippen LogP contribution >= 0.6 is 0 Å². The highest BCUT2D eigenvalue weighted by atomic mass is 15.1. The molecule has 1 saturated carbocycles. The third-order valence-corrected chi connectivity index (χ3v) is 3.83. The zero-order valence-corrected chi connectivity index (χ0v) is 13.6. The summed E-state index contributed by atoms with van der Waals surface area (Å²) in [5.41, 5.74) is 2.28. The van der Waals surface area contributed by atoms with Crippen molar-refractivity contribution in [2.45, 2.75) is 58.0 Å². The van der Waals surface area contributed by atoms with Crippen molar-refractivity contribution in [3.63, 3.8) is 0 Å². The van der Waals surface area contributed by atoms with Crippen LogP contribution in [0.3, 0.4) is 0 Å². The molecule has 0 spiro atoms. The Morgan fingerprint density at radius 2 is 2.24 bits per heavy atom. The van der Waals surface area contributed by atoms with Crippen molar-refractivity contribution in [3.05, 3.63) is 30.4 Å². The van der Waals surface area contributed by atoms with Gasteiger partial charge in [0.1, 0.15) is 5.82 Å². The summed E-state index contributed by atoms with van der Waals surface area (Å²) in [5, 5.41) is 3.57. The third-order valence-electron chi connectivity index (χ3n) is 3.83. The van der Waals surface area contributed by atoms with Gasteiger partial charge in [0.15, 0.2) is 0 Å². The van der Waals surface area contributed by atoms with E-state index in [1.54, 1.807) is 0 Å². The number of unbranched alkanes of at least 4 members (excludes halogenated alkanes) is 1. The van der Waals surface area contributed by atoms with E-state index in [0.717, 1.165) is 43.1 Å². The highest BCUT2D eigenvalue weighted by Crippen LogP contribution is 2.23. The van der Waals surface area contributed by atoms with Gasteiger partial charge in [-0.2, -0.15) is 0 Å². The fraction of sp³-hybridized carbons (Fsp3) is 0.647. The zero-order chi connectivity index (χ0) is 15.2. The van der Waals surface area contributed by atoms with E-state index in [1.165, 1.54) is 12.8 Å². The van der Waals surface area contributed by atoms with Crippen molar-refractivity contribution in [1.29, 1.82) is 0 Å². The lowest BCUT2D eigenvalue weighted by atomic mass is 10.2. The second-order valence-electron chi connectivity index (χ2n) is 6.22. The van der Waals surface area contributed by atoms with Crippen molar-refractivity contribution in [1.82, 2.24) is 15.3 Å². The number of hydrogen-bond donors (Lipinski definition) is 1. The molecule has 21 heavy (non-hydrogen) atoms. The Morgan fingerprint density at radius 1 is 1.48 bits per heavy atom. The highest BCUT2D eigenvalue weighted by Gasteiger charge is 2.21. The summed E-state index contributed by atoms with van der Waals surface area (Å²) in [6.07, 6.45) is 8.72. The maximum absolute atomic E-state index is 4.79. The zero-order valence-electron chi connectivity index (χ0n) is 13.6. The molecular formula is C17H28N4. The third kappa shape index (κ3) is 4.81. The number of rotatable bonds is 9. The summed E-state index contributed by atoms with van der Waals surface area (Å²) in [5.74, 6) is 1.30. The fourth-order valence-corrected chi connectivity index (χ4v) is 2.28. The standard InChI is InChI=1S/C17H28N4/c1-5-6-7-10-21(4)16-12-19-17(13(2)3)20-15(16)11-18-14-8-9-14/h5,12-14,18H,1,6-11H2,2-4H3. The molecule has 1 fully saturated rings. The van der Waals surface area contributed by atoms with Crippen LogP contribution in [0.2, 0.25) is 0 Å². The minimum Gasteiger partial charge on any atom is -0.372 e. The summed E-state index contributed by atoms with van der Waals surface area (Å²) in [6, 6.07) is 0.696. The number of hydrogen-bond acceptors (Lipinski definition) is 4. The molecule has 116 valence electrons. The normalized spacial score (nSPS) is 14.5. The highest BCUT2D eigenvalue weighted by molar-refractivity contribution is 5.48. The lowest BCUT2D eigenvalue weighted by Gasteiger charge is -2.22. The Labute approximate surface area is 128 Å². The van der Waals surface area contributed by atoms with Crippen LogP contribution in [-0.4, -0.2) is 29.6 Å². The molecule has 4 nitrogen and oxygen atoms in total. The Hall–Kier alpha value is -1.42. The van der Waals surface area contributed by atoms with Crippen LogP contribution in [0.25, 0.3) is 0 Å². The predicted molar refractivity (Wildman–Crippen MR) is 88.7 cm³/mol. The average molecular weight is 288 g/mol. The summed E-state index contributed by atoms with van der Waals surface area (Å²) < 4.78 is 0. The number of anilines is 1. The van der Waals surface area contributed by atoms with E-state index < -0.39 is 0 Å². The minimum absolute atomic E-state index is 0.366. The van der Waals surface area contributed by atoms with Crippen LogP contribution in [0, 0.1) is 0 Å². The van der Waals surface area contributed by atoms with E-state index >= 15 is 0 Å². The van der Waals surface area contributed by atoms with Gasteiger partial charge in [-0.25, -0.2) is 9.97 Å². The molecule has 0 amide bonds. The SMILES string of the molecule is C=CCCCN(C)c1cnc(C(C)C)nc1CNC1CC1. The topological polar surface area (TPSA) is 41.1 Å². The van der Waals surface area contributed by atoms with Gasteiger partial charge in [-0.05, 0) is 25.7 Å². The van der Waals surface area contributed by atoms with Gasteiger partial charge in [0.2, 0.25) is 0 Å². The molecule has 0 aromatic carbocycles. The Balaban J connectivity index is 2.10. The number of aromatic nitrogens is 2. The van der Waals surface area contributed by atoms with Gasteiger partial charge in [0.25, 0.3) is 0 Å². The minimum atomic E-state index is 0.366. The van der Waals surface area contributed by atoms with Crippen LogP contribution in [0.5, 0.6) is 0 Å². The average Bonchev–Trinajstić information content (AvgIpc) is 3.29. The smallest absolute Gasteiger partial charge is 0.131 e. The number of allylic oxidation sites excluding steroid dienone is 1. The van der Waals surface area contributed by atoms with Crippen LogP contribution in [0.15, 0.2) is 18.9 Å². The first-order valence-electron chi connectivity index (χ1n) is 8.03. The predicted octanol–water partition coefficient (Wildman–Crippen LogP) is 3.25. The molecule has 0 atom stereocenters. The molecule has 0 unspecified atom stereocenters.